The standard InChI is InChI=1S/C15H22/c1-6-11-15(4,5)14-9-7-13(8-10-14)12(2)3/h6-10,12H,1,11H2,2-5H3. The molecule has 82 valence electrons. The first-order chi connectivity index (χ1) is 6.97. The van der Waals surface area contributed by atoms with Gasteiger partial charge < -0.3 is 0 Å². The molecule has 0 saturated carbocycles. The molecule has 0 fully saturated rings. The van der Waals surface area contributed by atoms with Crippen LogP contribution in [0.15, 0.2) is 36.9 Å². The molecule has 0 atom stereocenters. The van der Waals surface area contributed by atoms with Crippen molar-refractivity contribution in [2.24, 2.45) is 0 Å². The number of allylic oxidation sites excluding steroid dienone is 1. The van der Waals surface area contributed by atoms with Crippen molar-refractivity contribution in [3.8, 4) is 0 Å². The summed E-state index contributed by atoms with van der Waals surface area (Å²) in [6, 6.07) is 8.98. The fourth-order valence-corrected chi connectivity index (χ4v) is 1.80. The molecule has 0 nitrogen and oxygen atoms in total. The van der Waals surface area contributed by atoms with Crippen LogP contribution in [0.3, 0.4) is 0 Å². The van der Waals surface area contributed by atoms with Crippen molar-refractivity contribution in [3.05, 3.63) is 48.0 Å². The van der Waals surface area contributed by atoms with Gasteiger partial charge in [-0.2, -0.15) is 0 Å². The molecule has 0 heteroatoms. The summed E-state index contributed by atoms with van der Waals surface area (Å²) in [5.74, 6) is 0.613. The van der Waals surface area contributed by atoms with Crippen LogP contribution in [0.1, 0.15) is 51.2 Å². The first kappa shape index (κ1) is 12.0. The van der Waals surface area contributed by atoms with E-state index in [1.807, 2.05) is 6.08 Å². The predicted molar refractivity (Wildman–Crippen MR) is 68.4 cm³/mol. The van der Waals surface area contributed by atoms with Crippen LogP contribution in [-0.4, -0.2) is 0 Å². The Morgan fingerprint density at radius 3 is 2.13 bits per heavy atom. The summed E-state index contributed by atoms with van der Waals surface area (Å²) in [4.78, 5) is 0. The van der Waals surface area contributed by atoms with Gasteiger partial charge in [0.25, 0.3) is 0 Å². The fraction of sp³-hybridized carbons (Fsp3) is 0.467. The largest absolute Gasteiger partial charge is 0.103 e. The molecule has 0 radical (unpaired) electrons. The van der Waals surface area contributed by atoms with Gasteiger partial charge >= 0.3 is 0 Å². The Morgan fingerprint density at radius 2 is 1.73 bits per heavy atom. The normalized spacial score (nSPS) is 11.8. The molecule has 0 N–H and O–H groups in total. The maximum atomic E-state index is 3.82. The van der Waals surface area contributed by atoms with Gasteiger partial charge in [-0.05, 0) is 28.9 Å². The van der Waals surface area contributed by atoms with Crippen molar-refractivity contribution in [2.45, 2.75) is 45.4 Å². The summed E-state index contributed by atoms with van der Waals surface area (Å²) in [7, 11) is 0. The van der Waals surface area contributed by atoms with Crippen molar-refractivity contribution in [1.29, 1.82) is 0 Å². The highest BCUT2D eigenvalue weighted by molar-refractivity contribution is 5.30. The summed E-state index contributed by atoms with van der Waals surface area (Å²) >= 11 is 0. The zero-order chi connectivity index (χ0) is 11.5. The van der Waals surface area contributed by atoms with Gasteiger partial charge in [-0.15, -0.1) is 6.58 Å². The minimum atomic E-state index is 0.206. The first-order valence-corrected chi connectivity index (χ1v) is 5.68. The number of benzene rings is 1. The van der Waals surface area contributed by atoms with Crippen LogP contribution >= 0.6 is 0 Å². The van der Waals surface area contributed by atoms with E-state index in [9.17, 15) is 0 Å². The summed E-state index contributed by atoms with van der Waals surface area (Å²) in [6.07, 6.45) is 3.02. The Morgan fingerprint density at radius 1 is 1.20 bits per heavy atom. The molecule has 0 aliphatic heterocycles. The van der Waals surface area contributed by atoms with Crippen LogP contribution in [0.5, 0.6) is 0 Å². The minimum Gasteiger partial charge on any atom is -0.103 e. The molecule has 1 aromatic carbocycles. The zero-order valence-electron chi connectivity index (χ0n) is 10.4. The molecule has 0 unspecified atom stereocenters. The quantitative estimate of drug-likeness (QED) is 0.623. The second-order valence-electron chi connectivity index (χ2n) is 5.15. The van der Waals surface area contributed by atoms with Gasteiger partial charge in [0, 0.05) is 0 Å². The highest BCUT2D eigenvalue weighted by atomic mass is 14.2. The van der Waals surface area contributed by atoms with Crippen molar-refractivity contribution in [3.63, 3.8) is 0 Å². The Hall–Kier alpha value is -1.04. The third-order valence-corrected chi connectivity index (χ3v) is 3.01. The summed E-state index contributed by atoms with van der Waals surface area (Å²) in [5, 5.41) is 0. The highest BCUT2D eigenvalue weighted by Gasteiger charge is 2.18. The van der Waals surface area contributed by atoms with E-state index in [1.165, 1.54) is 11.1 Å². The van der Waals surface area contributed by atoms with Crippen LogP contribution < -0.4 is 0 Å². The molecule has 0 bridgehead atoms. The first-order valence-electron chi connectivity index (χ1n) is 5.68. The molecule has 0 amide bonds. The molecular formula is C15H22. The van der Waals surface area contributed by atoms with Crippen molar-refractivity contribution in [2.75, 3.05) is 0 Å². The molecule has 1 rings (SSSR count). The lowest BCUT2D eigenvalue weighted by Gasteiger charge is -2.24. The van der Waals surface area contributed by atoms with E-state index in [4.69, 9.17) is 0 Å². The van der Waals surface area contributed by atoms with Crippen molar-refractivity contribution >= 4 is 0 Å². The van der Waals surface area contributed by atoms with Crippen LogP contribution in [0.25, 0.3) is 0 Å². The zero-order valence-corrected chi connectivity index (χ0v) is 10.4. The molecule has 0 spiro atoms. The van der Waals surface area contributed by atoms with E-state index in [0.29, 0.717) is 5.92 Å². The average Bonchev–Trinajstić information content (AvgIpc) is 2.18. The molecular weight excluding hydrogens is 180 g/mol. The molecule has 0 aromatic heterocycles. The van der Waals surface area contributed by atoms with E-state index in [1.54, 1.807) is 0 Å². The molecule has 0 aliphatic rings. The predicted octanol–water partition coefficient (Wildman–Crippen LogP) is 4.66. The smallest absolute Gasteiger partial charge is 0.00692 e. The lowest BCUT2D eigenvalue weighted by molar-refractivity contribution is 0.534. The number of hydrogen-bond donors (Lipinski definition) is 0. The van der Waals surface area contributed by atoms with Crippen LogP contribution in [0, 0.1) is 0 Å². The fourth-order valence-electron chi connectivity index (χ4n) is 1.80. The average molecular weight is 202 g/mol. The van der Waals surface area contributed by atoms with Gasteiger partial charge in [0.1, 0.15) is 0 Å². The third-order valence-electron chi connectivity index (χ3n) is 3.01. The Balaban J connectivity index is 2.92. The van der Waals surface area contributed by atoms with Gasteiger partial charge in [-0.3, -0.25) is 0 Å². The van der Waals surface area contributed by atoms with Crippen LogP contribution in [0.2, 0.25) is 0 Å². The second kappa shape index (κ2) is 4.65. The van der Waals surface area contributed by atoms with Gasteiger partial charge in [0.15, 0.2) is 0 Å². The summed E-state index contributed by atoms with van der Waals surface area (Å²) < 4.78 is 0. The van der Waals surface area contributed by atoms with Crippen molar-refractivity contribution < 1.29 is 0 Å². The summed E-state index contributed by atoms with van der Waals surface area (Å²) in [5.41, 5.74) is 3.01. The van der Waals surface area contributed by atoms with Gasteiger partial charge in [-0.1, -0.05) is 58.0 Å². The molecule has 1 aromatic rings. The maximum Gasteiger partial charge on any atom is -0.00692 e. The molecule has 15 heavy (non-hydrogen) atoms. The second-order valence-corrected chi connectivity index (χ2v) is 5.15. The Bertz CT molecular complexity index is 314. The van der Waals surface area contributed by atoms with Crippen LogP contribution in [0.4, 0.5) is 0 Å². The van der Waals surface area contributed by atoms with E-state index in [-0.39, 0.29) is 5.41 Å². The minimum absolute atomic E-state index is 0.206. The van der Waals surface area contributed by atoms with Gasteiger partial charge in [0.05, 0.1) is 0 Å². The molecule has 0 saturated heterocycles. The van der Waals surface area contributed by atoms with Crippen molar-refractivity contribution in [1.82, 2.24) is 0 Å². The Kier molecular flexibility index (Phi) is 3.73. The van der Waals surface area contributed by atoms with Crippen LogP contribution in [-0.2, 0) is 5.41 Å². The topological polar surface area (TPSA) is 0 Å². The lowest BCUT2D eigenvalue weighted by atomic mass is 9.81. The maximum absolute atomic E-state index is 3.82. The van der Waals surface area contributed by atoms with Gasteiger partial charge in [-0.25, -0.2) is 0 Å². The lowest BCUT2D eigenvalue weighted by Crippen LogP contribution is -2.15. The highest BCUT2D eigenvalue weighted by Crippen LogP contribution is 2.28. The van der Waals surface area contributed by atoms with E-state index < -0.39 is 0 Å². The SMILES string of the molecule is C=CCC(C)(C)c1ccc(C(C)C)cc1. The molecule has 0 aliphatic carbocycles. The van der Waals surface area contributed by atoms with E-state index in [0.717, 1.165) is 6.42 Å². The van der Waals surface area contributed by atoms with E-state index in [2.05, 4.69) is 58.5 Å². The summed E-state index contributed by atoms with van der Waals surface area (Å²) in [6.45, 7) is 12.8. The number of hydrogen-bond acceptors (Lipinski definition) is 0. The van der Waals surface area contributed by atoms with E-state index >= 15 is 0 Å². The third kappa shape index (κ3) is 2.95. The van der Waals surface area contributed by atoms with Gasteiger partial charge in [0.2, 0.25) is 0 Å². The number of rotatable bonds is 4. The monoisotopic (exact) mass is 202 g/mol. The Labute approximate surface area is 94.0 Å². The molecule has 0 heterocycles.